The first-order valence-electron chi connectivity index (χ1n) is 8.25. The van der Waals surface area contributed by atoms with Gasteiger partial charge >= 0.3 is 0 Å². The molecule has 2 aromatic carbocycles. The van der Waals surface area contributed by atoms with E-state index in [0.717, 1.165) is 24.0 Å². The average Bonchev–Trinajstić information content (AvgIpc) is 2.60. The molecule has 2 aliphatic heterocycles. The fraction of sp³-hybridized carbons (Fsp3) is 0.278. The summed E-state index contributed by atoms with van der Waals surface area (Å²) in [5.41, 5.74) is 3.17. The maximum atomic E-state index is 13.3. The molecule has 1 N–H and O–H groups in total. The van der Waals surface area contributed by atoms with Gasteiger partial charge in [-0.2, -0.15) is 0 Å². The number of sulfonamides is 1. The summed E-state index contributed by atoms with van der Waals surface area (Å²) in [5, 5.41) is 2.67. The van der Waals surface area contributed by atoms with Crippen molar-refractivity contribution in [3.05, 3.63) is 46.5 Å². The van der Waals surface area contributed by atoms with Crippen molar-refractivity contribution in [2.24, 2.45) is 0 Å². The lowest BCUT2D eigenvalue weighted by Crippen LogP contribution is -2.36. The lowest BCUT2D eigenvalue weighted by molar-refractivity contribution is -0.118. The minimum absolute atomic E-state index is 0.0255. The molecule has 1 amide bonds. The Morgan fingerprint density at radius 3 is 2.85 bits per heavy atom. The lowest BCUT2D eigenvalue weighted by Gasteiger charge is -2.31. The molecule has 0 saturated carbocycles. The van der Waals surface area contributed by atoms with E-state index in [1.165, 1.54) is 16.4 Å². The number of halogens is 1. The van der Waals surface area contributed by atoms with Gasteiger partial charge in [-0.05, 0) is 37.5 Å². The zero-order valence-electron chi connectivity index (χ0n) is 14.1. The van der Waals surface area contributed by atoms with Crippen LogP contribution in [0.2, 0.25) is 5.02 Å². The van der Waals surface area contributed by atoms with Gasteiger partial charge in [-0.1, -0.05) is 29.3 Å². The van der Waals surface area contributed by atoms with Crippen LogP contribution in [0.4, 0.5) is 11.4 Å². The summed E-state index contributed by atoms with van der Waals surface area (Å²) in [6.07, 6.45) is 1.58. The molecule has 0 spiro atoms. The van der Waals surface area contributed by atoms with Gasteiger partial charge in [0.15, 0.2) is 6.61 Å². The summed E-state index contributed by atoms with van der Waals surface area (Å²) in [6, 6.07) is 8.56. The first-order chi connectivity index (χ1) is 12.4. The van der Waals surface area contributed by atoms with Gasteiger partial charge in [-0.15, -0.1) is 0 Å². The standard InChI is InChI=1S/C18H17ClN2O4S/c1-11-4-5-15-12(7-11)3-2-6-21(15)26(23,24)17-9-16-14(8-13(17)19)20-18(22)10-25-16/h4-5,7-9H,2-3,6,10H2,1H3,(H,20,22). The number of hydrogen-bond donors (Lipinski definition) is 1. The normalized spacial score (nSPS) is 16.4. The highest BCUT2D eigenvalue weighted by Crippen LogP contribution is 2.39. The highest BCUT2D eigenvalue weighted by molar-refractivity contribution is 7.93. The number of carbonyl (C=O) groups excluding carboxylic acids is 1. The largest absolute Gasteiger partial charge is 0.482 e. The Balaban J connectivity index is 1.80. The van der Waals surface area contributed by atoms with E-state index >= 15 is 0 Å². The van der Waals surface area contributed by atoms with Crippen LogP contribution in [0, 0.1) is 6.92 Å². The number of hydrogen-bond acceptors (Lipinski definition) is 4. The van der Waals surface area contributed by atoms with Gasteiger partial charge in [0.2, 0.25) is 0 Å². The second-order valence-electron chi connectivity index (χ2n) is 6.43. The van der Waals surface area contributed by atoms with Gasteiger partial charge in [-0.25, -0.2) is 8.42 Å². The number of benzene rings is 2. The van der Waals surface area contributed by atoms with E-state index in [1.807, 2.05) is 25.1 Å². The van der Waals surface area contributed by atoms with Crippen molar-refractivity contribution in [3.8, 4) is 5.75 Å². The Morgan fingerprint density at radius 1 is 1.23 bits per heavy atom. The number of nitrogens with one attached hydrogen (secondary N) is 1. The Labute approximate surface area is 156 Å². The Hall–Kier alpha value is -2.25. The number of anilines is 2. The summed E-state index contributed by atoms with van der Waals surface area (Å²) >= 11 is 6.25. The van der Waals surface area contributed by atoms with Crippen molar-refractivity contribution < 1.29 is 17.9 Å². The molecule has 0 atom stereocenters. The van der Waals surface area contributed by atoms with E-state index < -0.39 is 10.0 Å². The van der Waals surface area contributed by atoms with E-state index in [4.69, 9.17) is 16.3 Å². The lowest BCUT2D eigenvalue weighted by atomic mass is 10.0. The minimum atomic E-state index is -3.86. The molecule has 0 unspecified atom stereocenters. The van der Waals surface area contributed by atoms with Gasteiger partial charge in [0, 0.05) is 12.6 Å². The fourth-order valence-corrected chi connectivity index (χ4v) is 5.40. The number of nitrogens with zero attached hydrogens (tertiary/aromatic N) is 1. The molecule has 8 heteroatoms. The quantitative estimate of drug-likeness (QED) is 0.851. The number of amides is 1. The maximum absolute atomic E-state index is 13.3. The van der Waals surface area contributed by atoms with Crippen LogP contribution in [-0.4, -0.2) is 27.5 Å². The van der Waals surface area contributed by atoms with Crippen LogP contribution in [0.15, 0.2) is 35.2 Å². The summed E-state index contributed by atoms with van der Waals surface area (Å²) in [5.74, 6) is -0.00165. The molecule has 4 rings (SSSR count). The van der Waals surface area contributed by atoms with Crippen molar-refractivity contribution in [1.29, 1.82) is 0 Å². The van der Waals surface area contributed by atoms with Crippen LogP contribution in [0.5, 0.6) is 5.75 Å². The average molecular weight is 393 g/mol. The highest BCUT2D eigenvalue weighted by atomic mass is 35.5. The van der Waals surface area contributed by atoms with Crippen LogP contribution < -0.4 is 14.4 Å². The van der Waals surface area contributed by atoms with Gasteiger partial charge in [0.05, 0.1) is 16.4 Å². The van der Waals surface area contributed by atoms with Crippen molar-refractivity contribution in [3.63, 3.8) is 0 Å². The van der Waals surface area contributed by atoms with Gasteiger partial charge < -0.3 is 10.1 Å². The first-order valence-corrected chi connectivity index (χ1v) is 10.1. The predicted molar refractivity (Wildman–Crippen MR) is 99.6 cm³/mol. The van der Waals surface area contributed by atoms with Crippen molar-refractivity contribution in [1.82, 2.24) is 0 Å². The topological polar surface area (TPSA) is 75.7 Å². The number of carbonyl (C=O) groups is 1. The predicted octanol–water partition coefficient (Wildman–Crippen LogP) is 3.12. The number of aryl methyl sites for hydroxylation is 2. The first kappa shape index (κ1) is 17.2. The molecular formula is C18H17ClN2O4S. The van der Waals surface area contributed by atoms with Gasteiger partial charge in [-0.3, -0.25) is 9.10 Å². The fourth-order valence-electron chi connectivity index (χ4n) is 3.34. The van der Waals surface area contributed by atoms with E-state index in [9.17, 15) is 13.2 Å². The van der Waals surface area contributed by atoms with Crippen LogP contribution in [-0.2, 0) is 21.2 Å². The number of ether oxygens (including phenoxy) is 1. The molecule has 0 radical (unpaired) electrons. The van der Waals surface area contributed by atoms with Crippen LogP contribution in [0.3, 0.4) is 0 Å². The van der Waals surface area contributed by atoms with E-state index in [2.05, 4.69) is 5.32 Å². The molecule has 0 fully saturated rings. The summed E-state index contributed by atoms with van der Waals surface area (Å²) in [4.78, 5) is 11.4. The number of rotatable bonds is 2. The number of fused-ring (bicyclic) bond motifs is 2. The Morgan fingerprint density at radius 2 is 2.04 bits per heavy atom. The molecular weight excluding hydrogens is 376 g/mol. The molecule has 0 bridgehead atoms. The zero-order valence-corrected chi connectivity index (χ0v) is 15.7. The third kappa shape index (κ3) is 2.81. The smallest absolute Gasteiger partial charge is 0.265 e. The zero-order chi connectivity index (χ0) is 18.5. The molecule has 2 aliphatic rings. The molecule has 0 saturated heterocycles. The van der Waals surface area contributed by atoms with Crippen LogP contribution >= 0.6 is 11.6 Å². The Bertz CT molecular complexity index is 1020. The highest BCUT2D eigenvalue weighted by Gasteiger charge is 2.32. The molecule has 0 aromatic heterocycles. The summed E-state index contributed by atoms with van der Waals surface area (Å²) in [6.45, 7) is 2.23. The van der Waals surface area contributed by atoms with Crippen LogP contribution in [0.25, 0.3) is 0 Å². The second-order valence-corrected chi connectivity index (χ2v) is 8.67. The molecule has 0 aliphatic carbocycles. The van der Waals surface area contributed by atoms with E-state index in [1.54, 1.807) is 0 Å². The van der Waals surface area contributed by atoms with Crippen molar-refractivity contribution >= 4 is 38.9 Å². The van der Waals surface area contributed by atoms with E-state index in [-0.39, 0.29) is 22.4 Å². The monoisotopic (exact) mass is 392 g/mol. The van der Waals surface area contributed by atoms with E-state index in [0.29, 0.717) is 23.7 Å². The van der Waals surface area contributed by atoms with Gasteiger partial charge in [0.1, 0.15) is 10.6 Å². The van der Waals surface area contributed by atoms with Crippen molar-refractivity contribution in [2.45, 2.75) is 24.7 Å². The minimum Gasteiger partial charge on any atom is -0.482 e. The third-order valence-corrected chi connectivity index (χ3v) is 6.82. The summed E-state index contributed by atoms with van der Waals surface area (Å²) in [7, 11) is -3.86. The molecule has 2 aromatic rings. The van der Waals surface area contributed by atoms with Crippen molar-refractivity contribution in [2.75, 3.05) is 22.8 Å². The second kappa shape index (κ2) is 6.17. The molecule has 136 valence electrons. The molecule has 26 heavy (non-hydrogen) atoms. The molecule has 6 nitrogen and oxygen atoms in total. The Kier molecular flexibility index (Phi) is 4.08. The van der Waals surface area contributed by atoms with Gasteiger partial charge in [0.25, 0.3) is 15.9 Å². The van der Waals surface area contributed by atoms with Crippen LogP contribution in [0.1, 0.15) is 17.5 Å². The summed E-state index contributed by atoms with van der Waals surface area (Å²) < 4.78 is 33.4. The SMILES string of the molecule is Cc1ccc2c(c1)CCCN2S(=O)(=O)c1cc2c(cc1Cl)NC(=O)CO2. The molecule has 2 heterocycles. The maximum Gasteiger partial charge on any atom is 0.265 e. The third-order valence-electron chi connectivity index (χ3n) is 4.55.